The van der Waals surface area contributed by atoms with E-state index in [0.29, 0.717) is 56.2 Å². The molecular weight excluding hydrogens is 322 g/mol. The minimum Gasteiger partial charge on any atom is -0.369 e. The van der Waals surface area contributed by atoms with Crippen LogP contribution in [0.25, 0.3) is 10.9 Å². The van der Waals surface area contributed by atoms with E-state index in [4.69, 9.17) is 5.73 Å². The Kier molecular flexibility index (Phi) is 5.06. The standard InChI is InChI=1S/C17H21N5O3/c18-16(24)12-7-10-21(11-8-12)15(23)6-3-9-22-17(25)13-4-1-2-5-14(13)19-20-22/h1-2,4-5,12H,3,6-11H2,(H2,18,24). The van der Waals surface area contributed by atoms with Crippen molar-refractivity contribution in [3.05, 3.63) is 34.6 Å². The lowest BCUT2D eigenvalue weighted by molar-refractivity contribution is -0.135. The summed E-state index contributed by atoms with van der Waals surface area (Å²) in [5, 5.41) is 8.48. The number of fused-ring (bicyclic) bond motifs is 1. The Labute approximate surface area is 144 Å². The van der Waals surface area contributed by atoms with Gasteiger partial charge in [0, 0.05) is 32.0 Å². The first-order valence-electron chi connectivity index (χ1n) is 8.46. The second-order valence-electron chi connectivity index (χ2n) is 6.30. The Morgan fingerprint density at radius 1 is 1.20 bits per heavy atom. The largest absolute Gasteiger partial charge is 0.369 e. The van der Waals surface area contributed by atoms with Crippen molar-refractivity contribution >= 4 is 22.7 Å². The Morgan fingerprint density at radius 2 is 1.92 bits per heavy atom. The van der Waals surface area contributed by atoms with Gasteiger partial charge in [0.05, 0.1) is 5.39 Å². The highest BCUT2D eigenvalue weighted by Gasteiger charge is 2.25. The molecule has 25 heavy (non-hydrogen) atoms. The smallest absolute Gasteiger partial charge is 0.277 e. The Balaban J connectivity index is 1.53. The molecule has 0 spiro atoms. The summed E-state index contributed by atoms with van der Waals surface area (Å²) in [5.41, 5.74) is 5.67. The van der Waals surface area contributed by atoms with Crippen LogP contribution in [0.3, 0.4) is 0 Å². The van der Waals surface area contributed by atoms with Gasteiger partial charge < -0.3 is 10.6 Å². The van der Waals surface area contributed by atoms with Gasteiger partial charge >= 0.3 is 0 Å². The van der Waals surface area contributed by atoms with Crippen LogP contribution in [0.4, 0.5) is 0 Å². The first-order chi connectivity index (χ1) is 12.1. The van der Waals surface area contributed by atoms with Crippen molar-refractivity contribution in [3.63, 3.8) is 0 Å². The number of aromatic nitrogens is 3. The Bertz CT molecular complexity index is 840. The van der Waals surface area contributed by atoms with Crippen LogP contribution in [0.2, 0.25) is 0 Å². The molecule has 3 rings (SSSR count). The van der Waals surface area contributed by atoms with E-state index in [2.05, 4.69) is 10.3 Å². The highest BCUT2D eigenvalue weighted by molar-refractivity contribution is 5.79. The van der Waals surface area contributed by atoms with E-state index in [1.165, 1.54) is 4.68 Å². The zero-order chi connectivity index (χ0) is 17.8. The van der Waals surface area contributed by atoms with Crippen LogP contribution >= 0.6 is 0 Å². The maximum absolute atomic E-state index is 12.3. The van der Waals surface area contributed by atoms with Gasteiger partial charge in [-0.2, -0.15) is 0 Å². The van der Waals surface area contributed by atoms with Gasteiger partial charge in [-0.3, -0.25) is 14.4 Å². The third-order valence-corrected chi connectivity index (χ3v) is 4.64. The molecule has 1 aromatic heterocycles. The minimum atomic E-state index is -0.290. The topological polar surface area (TPSA) is 111 Å². The molecule has 2 N–H and O–H groups in total. The molecule has 0 radical (unpaired) electrons. The summed E-state index contributed by atoms with van der Waals surface area (Å²) in [6.45, 7) is 1.46. The number of amides is 2. The van der Waals surface area contributed by atoms with Crippen molar-refractivity contribution in [2.45, 2.75) is 32.2 Å². The molecule has 1 aromatic carbocycles. The molecule has 1 fully saturated rings. The van der Waals surface area contributed by atoms with Gasteiger partial charge in [0.2, 0.25) is 11.8 Å². The number of carbonyl (C=O) groups is 2. The van der Waals surface area contributed by atoms with Gasteiger partial charge in [0.25, 0.3) is 5.56 Å². The minimum absolute atomic E-state index is 0.0321. The normalized spacial score (nSPS) is 15.4. The molecule has 2 amide bonds. The summed E-state index contributed by atoms with van der Waals surface area (Å²) in [7, 11) is 0. The molecule has 0 bridgehead atoms. The van der Waals surface area contributed by atoms with Gasteiger partial charge in [-0.05, 0) is 31.4 Å². The summed E-state index contributed by atoms with van der Waals surface area (Å²) < 4.78 is 1.30. The average Bonchev–Trinajstić information content (AvgIpc) is 2.64. The number of piperidine rings is 1. The van der Waals surface area contributed by atoms with Gasteiger partial charge in [-0.25, -0.2) is 4.68 Å². The van der Waals surface area contributed by atoms with E-state index in [1.807, 2.05) is 0 Å². The molecule has 0 saturated carbocycles. The van der Waals surface area contributed by atoms with Gasteiger partial charge in [0.1, 0.15) is 5.52 Å². The van der Waals surface area contributed by atoms with Crippen LogP contribution in [0, 0.1) is 5.92 Å². The van der Waals surface area contributed by atoms with E-state index in [9.17, 15) is 14.4 Å². The number of hydrogen-bond acceptors (Lipinski definition) is 5. The van der Waals surface area contributed by atoms with E-state index >= 15 is 0 Å². The predicted octanol–water partition coefficient (Wildman–Crippen LogP) is 0.296. The van der Waals surface area contributed by atoms with Crippen molar-refractivity contribution in [1.29, 1.82) is 0 Å². The van der Waals surface area contributed by atoms with Crippen molar-refractivity contribution in [2.75, 3.05) is 13.1 Å². The summed E-state index contributed by atoms with van der Waals surface area (Å²) in [5.74, 6) is -0.387. The highest BCUT2D eigenvalue weighted by atomic mass is 16.2. The Hall–Kier alpha value is -2.77. The second-order valence-corrected chi connectivity index (χ2v) is 6.30. The van der Waals surface area contributed by atoms with E-state index in [0.717, 1.165) is 0 Å². The summed E-state index contributed by atoms with van der Waals surface area (Å²) in [6.07, 6.45) is 2.09. The second kappa shape index (κ2) is 7.42. The van der Waals surface area contributed by atoms with Crippen LogP contribution in [0.1, 0.15) is 25.7 Å². The molecule has 2 aromatic rings. The van der Waals surface area contributed by atoms with Crippen molar-refractivity contribution in [1.82, 2.24) is 19.9 Å². The van der Waals surface area contributed by atoms with Crippen molar-refractivity contribution < 1.29 is 9.59 Å². The number of nitrogens with zero attached hydrogens (tertiary/aromatic N) is 4. The highest BCUT2D eigenvalue weighted by Crippen LogP contribution is 2.17. The summed E-state index contributed by atoms with van der Waals surface area (Å²) in [4.78, 5) is 37.5. The van der Waals surface area contributed by atoms with Crippen LogP contribution in [-0.2, 0) is 16.1 Å². The SMILES string of the molecule is NC(=O)C1CCN(C(=O)CCCn2nnc3ccccc3c2=O)CC1. The van der Waals surface area contributed by atoms with Crippen LogP contribution in [-0.4, -0.2) is 44.8 Å². The third-order valence-electron chi connectivity index (χ3n) is 4.64. The molecule has 8 nitrogen and oxygen atoms in total. The average molecular weight is 343 g/mol. The zero-order valence-electron chi connectivity index (χ0n) is 13.9. The first-order valence-corrected chi connectivity index (χ1v) is 8.46. The number of benzene rings is 1. The third kappa shape index (κ3) is 3.84. The summed E-state index contributed by atoms with van der Waals surface area (Å²) in [6, 6.07) is 7.06. The molecular formula is C17H21N5O3. The van der Waals surface area contributed by atoms with Gasteiger partial charge in [-0.1, -0.05) is 17.3 Å². The molecule has 8 heteroatoms. The molecule has 132 valence electrons. The fraction of sp³-hybridized carbons (Fsp3) is 0.471. The van der Waals surface area contributed by atoms with E-state index in [1.54, 1.807) is 29.2 Å². The molecule has 1 aliphatic rings. The fourth-order valence-corrected chi connectivity index (χ4v) is 3.12. The molecule has 0 aliphatic carbocycles. The van der Waals surface area contributed by atoms with Crippen molar-refractivity contribution in [2.24, 2.45) is 11.7 Å². The first kappa shape index (κ1) is 17.1. The van der Waals surface area contributed by atoms with Crippen LogP contribution in [0.5, 0.6) is 0 Å². The number of aryl methyl sites for hydroxylation is 1. The van der Waals surface area contributed by atoms with E-state index in [-0.39, 0.29) is 23.3 Å². The Morgan fingerprint density at radius 3 is 2.64 bits per heavy atom. The molecule has 0 unspecified atom stereocenters. The maximum Gasteiger partial charge on any atom is 0.277 e. The maximum atomic E-state index is 12.3. The number of likely N-dealkylation sites (tertiary alicyclic amines) is 1. The monoisotopic (exact) mass is 343 g/mol. The number of primary amides is 1. The van der Waals surface area contributed by atoms with Gasteiger partial charge in [-0.15, -0.1) is 5.10 Å². The number of rotatable bonds is 5. The van der Waals surface area contributed by atoms with Gasteiger partial charge in [0.15, 0.2) is 0 Å². The molecule has 1 aliphatic heterocycles. The van der Waals surface area contributed by atoms with Crippen LogP contribution < -0.4 is 11.3 Å². The lowest BCUT2D eigenvalue weighted by Crippen LogP contribution is -2.41. The molecule has 0 atom stereocenters. The quantitative estimate of drug-likeness (QED) is 0.839. The lowest BCUT2D eigenvalue weighted by atomic mass is 9.96. The number of carbonyl (C=O) groups excluding carboxylic acids is 2. The number of hydrogen-bond donors (Lipinski definition) is 1. The van der Waals surface area contributed by atoms with E-state index < -0.39 is 0 Å². The fourth-order valence-electron chi connectivity index (χ4n) is 3.12. The zero-order valence-corrected chi connectivity index (χ0v) is 13.9. The van der Waals surface area contributed by atoms with Crippen molar-refractivity contribution in [3.8, 4) is 0 Å². The molecule has 2 heterocycles. The lowest BCUT2D eigenvalue weighted by Gasteiger charge is -2.30. The summed E-state index contributed by atoms with van der Waals surface area (Å²) >= 11 is 0. The van der Waals surface area contributed by atoms with Crippen LogP contribution in [0.15, 0.2) is 29.1 Å². The molecule has 1 saturated heterocycles. The number of nitrogens with two attached hydrogens (primary N) is 1. The predicted molar refractivity (Wildman–Crippen MR) is 91.5 cm³/mol.